The first kappa shape index (κ1) is 11.5. The summed E-state index contributed by atoms with van der Waals surface area (Å²) in [5, 5.41) is 0. The van der Waals surface area contributed by atoms with Crippen molar-refractivity contribution in [1.82, 2.24) is 9.88 Å². The zero-order valence-electron chi connectivity index (χ0n) is 9.02. The predicted octanol–water partition coefficient (Wildman–Crippen LogP) is 1.71. The number of rotatable bonds is 1. The van der Waals surface area contributed by atoms with E-state index in [0.717, 1.165) is 4.47 Å². The molecule has 1 saturated heterocycles. The van der Waals surface area contributed by atoms with Crippen molar-refractivity contribution < 1.29 is 9.53 Å². The van der Waals surface area contributed by atoms with Gasteiger partial charge in [0, 0.05) is 30.0 Å². The summed E-state index contributed by atoms with van der Waals surface area (Å²) in [5.41, 5.74) is 0.614. The molecule has 0 spiro atoms. The van der Waals surface area contributed by atoms with Gasteiger partial charge in [-0.05, 0) is 28.9 Å². The number of carbonyl (C=O) groups is 1. The fourth-order valence-electron chi connectivity index (χ4n) is 1.71. The number of nitrogens with zero attached hydrogens (tertiary/aromatic N) is 2. The van der Waals surface area contributed by atoms with Crippen LogP contribution in [0.1, 0.15) is 17.3 Å². The molecule has 1 amide bonds. The molecular weight excluding hydrogens is 272 g/mol. The molecule has 0 bridgehead atoms. The van der Waals surface area contributed by atoms with Crippen molar-refractivity contribution in [1.29, 1.82) is 0 Å². The number of aromatic nitrogens is 1. The Morgan fingerprint density at radius 3 is 3.12 bits per heavy atom. The second-order valence-electron chi connectivity index (χ2n) is 3.82. The Morgan fingerprint density at radius 1 is 1.62 bits per heavy atom. The van der Waals surface area contributed by atoms with Gasteiger partial charge in [0.2, 0.25) is 0 Å². The van der Waals surface area contributed by atoms with Crippen molar-refractivity contribution >= 4 is 21.8 Å². The summed E-state index contributed by atoms with van der Waals surface area (Å²) >= 11 is 3.31. The average Bonchev–Trinajstić information content (AvgIpc) is 2.28. The molecule has 0 aromatic carbocycles. The number of halogens is 1. The summed E-state index contributed by atoms with van der Waals surface area (Å²) in [6.45, 7) is 3.87. The minimum atomic E-state index is 0.0175. The van der Waals surface area contributed by atoms with Crippen LogP contribution in [0.5, 0.6) is 0 Å². The maximum Gasteiger partial charge on any atom is 0.255 e. The van der Waals surface area contributed by atoms with E-state index in [1.54, 1.807) is 23.4 Å². The molecule has 1 aromatic rings. The van der Waals surface area contributed by atoms with Crippen LogP contribution in [0.25, 0.3) is 0 Å². The van der Waals surface area contributed by atoms with Crippen molar-refractivity contribution in [3.8, 4) is 0 Å². The normalized spacial score (nSPS) is 20.9. The van der Waals surface area contributed by atoms with Gasteiger partial charge in [-0.1, -0.05) is 0 Å². The minimum absolute atomic E-state index is 0.0175. The Morgan fingerprint density at radius 2 is 2.44 bits per heavy atom. The van der Waals surface area contributed by atoms with Crippen molar-refractivity contribution in [3.05, 3.63) is 28.5 Å². The average molecular weight is 285 g/mol. The topological polar surface area (TPSA) is 42.4 Å². The highest BCUT2D eigenvalue weighted by Gasteiger charge is 2.22. The summed E-state index contributed by atoms with van der Waals surface area (Å²) in [5.74, 6) is 0.0175. The van der Waals surface area contributed by atoms with Crippen LogP contribution >= 0.6 is 15.9 Å². The molecule has 1 aliphatic rings. The van der Waals surface area contributed by atoms with Crippen LogP contribution in [-0.4, -0.2) is 41.6 Å². The second kappa shape index (κ2) is 4.93. The molecule has 2 rings (SSSR count). The lowest BCUT2D eigenvalue weighted by Gasteiger charge is -2.31. The molecule has 0 radical (unpaired) electrons. The second-order valence-corrected chi connectivity index (χ2v) is 4.74. The number of ether oxygens (including phenoxy) is 1. The molecule has 1 atom stereocenters. The quantitative estimate of drug-likeness (QED) is 0.788. The number of hydrogen-bond donors (Lipinski definition) is 0. The Bertz CT molecular complexity index is 397. The maximum atomic E-state index is 12.1. The van der Waals surface area contributed by atoms with Gasteiger partial charge in [0.25, 0.3) is 5.91 Å². The lowest BCUT2D eigenvalue weighted by molar-refractivity contribution is -0.0124. The van der Waals surface area contributed by atoms with E-state index in [0.29, 0.717) is 25.3 Å². The minimum Gasteiger partial charge on any atom is -0.375 e. The molecular formula is C11H13BrN2O2. The highest BCUT2D eigenvalue weighted by atomic mass is 79.9. The third kappa shape index (κ3) is 2.59. The van der Waals surface area contributed by atoms with E-state index in [-0.39, 0.29) is 12.0 Å². The van der Waals surface area contributed by atoms with Gasteiger partial charge in [-0.3, -0.25) is 9.78 Å². The van der Waals surface area contributed by atoms with Gasteiger partial charge >= 0.3 is 0 Å². The molecule has 0 aliphatic carbocycles. The first-order chi connectivity index (χ1) is 7.66. The smallest absolute Gasteiger partial charge is 0.255 e. The first-order valence-electron chi connectivity index (χ1n) is 5.18. The van der Waals surface area contributed by atoms with E-state index in [2.05, 4.69) is 20.9 Å². The number of carbonyl (C=O) groups excluding carboxylic acids is 1. The summed E-state index contributed by atoms with van der Waals surface area (Å²) in [7, 11) is 0. The van der Waals surface area contributed by atoms with Gasteiger partial charge in [0.1, 0.15) is 0 Å². The summed E-state index contributed by atoms with van der Waals surface area (Å²) in [6.07, 6.45) is 3.36. The van der Waals surface area contributed by atoms with Crippen molar-refractivity contribution in [2.45, 2.75) is 13.0 Å². The van der Waals surface area contributed by atoms with Crippen LogP contribution in [0.2, 0.25) is 0 Å². The molecule has 0 saturated carbocycles. The van der Waals surface area contributed by atoms with Gasteiger partial charge in [-0.25, -0.2) is 0 Å². The highest BCUT2D eigenvalue weighted by molar-refractivity contribution is 9.10. The largest absolute Gasteiger partial charge is 0.375 e. The van der Waals surface area contributed by atoms with Gasteiger partial charge in [0.15, 0.2) is 0 Å². The first-order valence-corrected chi connectivity index (χ1v) is 5.97. The predicted molar refractivity (Wildman–Crippen MR) is 63.3 cm³/mol. The third-order valence-corrected chi connectivity index (χ3v) is 2.91. The van der Waals surface area contributed by atoms with Crippen molar-refractivity contribution in [3.63, 3.8) is 0 Å². The lowest BCUT2D eigenvalue weighted by atomic mass is 10.2. The standard InChI is InChI=1S/C11H13BrN2O2/c1-8-7-14(2-3-16-8)11(15)9-4-10(12)6-13-5-9/h4-6,8H,2-3,7H2,1H3/t8-/m1/s1. The SMILES string of the molecule is C[C@@H]1CN(C(=O)c2cncc(Br)c2)CCO1. The van der Waals surface area contributed by atoms with Crippen LogP contribution in [0.15, 0.2) is 22.9 Å². The molecule has 1 aromatic heterocycles. The molecule has 0 unspecified atom stereocenters. The molecule has 1 fully saturated rings. The summed E-state index contributed by atoms with van der Waals surface area (Å²) in [6, 6.07) is 1.79. The Hall–Kier alpha value is -0.940. The van der Waals surface area contributed by atoms with E-state index >= 15 is 0 Å². The Balaban J connectivity index is 2.12. The third-order valence-electron chi connectivity index (χ3n) is 2.48. The zero-order valence-corrected chi connectivity index (χ0v) is 10.6. The van der Waals surface area contributed by atoms with Crippen LogP contribution in [0.4, 0.5) is 0 Å². The van der Waals surface area contributed by atoms with Crippen LogP contribution < -0.4 is 0 Å². The molecule has 0 N–H and O–H groups in total. The summed E-state index contributed by atoms with van der Waals surface area (Å²) < 4.78 is 6.22. The van der Waals surface area contributed by atoms with E-state index in [4.69, 9.17) is 4.74 Å². The number of hydrogen-bond acceptors (Lipinski definition) is 3. The van der Waals surface area contributed by atoms with E-state index in [9.17, 15) is 4.79 Å². The Labute approximate surface area is 103 Å². The van der Waals surface area contributed by atoms with Gasteiger partial charge in [-0.15, -0.1) is 0 Å². The van der Waals surface area contributed by atoms with E-state index in [1.807, 2.05) is 6.92 Å². The van der Waals surface area contributed by atoms with Crippen molar-refractivity contribution in [2.75, 3.05) is 19.7 Å². The lowest BCUT2D eigenvalue weighted by Crippen LogP contribution is -2.44. The molecule has 4 nitrogen and oxygen atoms in total. The molecule has 1 aliphatic heterocycles. The summed E-state index contributed by atoms with van der Waals surface area (Å²) in [4.78, 5) is 17.9. The zero-order chi connectivity index (χ0) is 11.5. The number of pyridine rings is 1. The molecule has 2 heterocycles. The monoisotopic (exact) mass is 284 g/mol. The maximum absolute atomic E-state index is 12.1. The van der Waals surface area contributed by atoms with Crippen molar-refractivity contribution in [2.24, 2.45) is 0 Å². The fourth-order valence-corrected chi connectivity index (χ4v) is 2.08. The molecule has 5 heteroatoms. The highest BCUT2D eigenvalue weighted by Crippen LogP contribution is 2.13. The van der Waals surface area contributed by atoms with Crippen LogP contribution in [0, 0.1) is 0 Å². The molecule has 16 heavy (non-hydrogen) atoms. The van der Waals surface area contributed by atoms with Gasteiger partial charge < -0.3 is 9.64 Å². The number of amides is 1. The van der Waals surface area contributed by atoms with E-state index in [1.165, 1.54) is 0 Å². The van der Waals surface area contributed by atoms with Gasteiger partial charge in [-0.2, -0.15) is 0 Å². The fraction of sp³-hybridized carbons (Fsp3) is 0.455. The van der Waals surface area contributed by atoms with Crippen LogP contribution in [0.3, 0.4) is 0 Å². The number of morpholine rings is 1. The van der Waals surface area contributed by atoms with E-state index < -0.39 is 0 Å². The van der Waals surface area contributed by atoms with Gasteiger partial charge in [0.05, 0.1) is 18.3 Å². The molecule has 86 valence electrons. The van der Waals surface area contributed by atoms with Crippen LogP contribution in [-0.2, 0) is 4.74 Å². The Kier molecular flexibility index (Phi) is 3.56.